The molecule has 0 unspecified atom stereocenters. The number of aryl methyl sites for hydroxylation is 1. The van der Waals surface area contributed by atoms with Crippen molar-refractivity contribution in [3.8, 4) is 0 Å². The molecule has 21 heavy (non-hydrogen) atoms. The highest BCUT2D eigenvalue weighted by Gasteiger charge is 2.10. The minimum absolute atomic E-state index is 0. The van der Waals surface area contributed by atoms with E-state index >= 15 is 0 Å². The molecule has 0 saturated heterocycles. The molecule has 0 fully saturated rings. The number of nitrogens with one attached hydrogen (secondary N) is 3. The molecule has 1 aromatic carbocycles. The van der Waals surface area contributed by atoms with Gasteiger partial charge in [0, 0.05) is 12.1 Å². The van der Waals surface area contributed by atoms with Gasteiger partial charge in [-0.3, -0.25) is 9.52 Å². The van der Waals surface area contributed by atoms with Crippen LogP contribution in [0, 0.1) is 6.92 Å². The van der Waals surface area contributed by atoms with E-state index in [0.717, 1.165) is 24.8 Å². The lowest BCUT2D eigenvalue weighted by Crippen LogP contribution is -2.26. The monoisotopic (exact) mass is 335 g/mol. The first-order valence-corrected chi connectivity index (χ1v) is 8.24. The second-order valence-corrected chi connectivity index (χ2v) is 6.37. The first-order valence-electron chi connectivity index (χ1n) is 6.34. The number of carbonyl (C=O) groups excluding carboxylic acids is 1. The van der Waals surface area contributed by atoms with Crippen LogP contribution in [-0.4, -0.2) is 40.7 Å². The number of rotatable bonds is 7. The summed E-state index contributed by atoms with van der Waals surface area (Å²) in [5.74, 6) is -0.211. The Morgan fingerprint density at radius 3 is 2.48 bits per heavy atom. The molecule has 0 heterocycles. The lowest BCUT2D eigenvalue weighted by Gasteiger charge is -2.10. The van der Waals surface area contributed by atoms with Gasteiger partial charge in [0.05, 0.1) is 11.9 Å². The third-order valence-corrected chi connectivity index (χ3v) is 3.27. The maximum absolute atomic E-state index is 11.9. The Morgan fingerprint density at radius 1 is 1.24 bits per heavy atom. The maximum Gasteiger partial charge on any atom is 0.251 e. The molecule has 0 saturated carbocycles. The SMILES string of the molecule is CNCCCNC(=O)c1ccc(C)c(NS(C)(=O)=O)c1.Cl. The van der Waals surface area contributed by atoms with Crippen LogP contribution < -0.4 is 15.4 Å². The summed E-state index contributed by atoms with van der Waals surface area (Å²) in [5.41, 5.74) is 1.63. The zero-order chi connectivity index (χ0) is 15.2. The van der Waals surface area contributed by atoms with Crippen LogP contribution in [0.15, 0.2) is 18.2 Å². The molecule has 6 nitrogen and oxygen atoms in total. The zero-order valence-corrected chi connectivity index (χ0v) is 14.0. The van der Waals surface area contributed by atoms with Crippen molar-refractivity contribution in [2.75, 3.05) is 31.1 Å². The van der Waals surface area contributed by atoms with Crippen molar-refractivity contribution in [2.24, 2.45) is 0 Å². The quantitative estimate of drug-likeness (QED) is 0.652. The fraction of sp³-hybridized carbons (Fsp3) is 0.462. The molecule has 1 rings (SSSR count). The van der Waals surface area contributed by atoms with E-state index in [4.69, 9.17) is 0 Å². The third kappa shape index (κ3) is 7.31. The lowest BCUT2D eigenvalue weighted by atomic mass is 10.1. The number of anilines is 1. The van der Waals surface area contributed by atoms with Gasteiger partial charge >= 0.3 is 0 Å². The molecule has 8 heteroatoms. The minimum atomic E-state index is -3.36. The fourth-order valence-electron chi connectivity index (χ4n) is 1.64. The number of hydrogen-bond acceptors (Lipinski definition) is 4. The van der Waals surface area contributed by atoms with Gasteiger partial charge in [-0.05, 0) is 44.6 Å². The van der Waals surface area contributed by atoms with Gasteiger partial charge in [0.25, 0.3) is 5.91 Å². The predicted octanol–water partition coefficient (Wildman–Crippen LogP) is 1.13. The van der Waals surface area contributed by atoms with Crippen LogP contribution in [0.25, 0.3) is 0 Å². The van der Waals surface area contributed by atoms with Crippen molar-refractivity contribution in [2.45, 2.75) is 13.3 Å². The average Bonchev–Trinajstić information content (AvgIpc) is 2.35. The predicted molar refractivity (Wildman–Crippen MR) is 87.8 cm³/mol. The van der Waals surface area contributed by atoms with Crippen LogP contribution >= 0.6 is 12.4 Å². The highest BCUT2D eigenvalue weighted by atomic mass is 35.5. The Balaban J connectivity index is 0.00000400. The third-order valence-electron chi connectivity index (χ3n) is 2.68. The van der Waals surface area contributed by atoms with E-state index in [-0.39, 0.29) is 18.3 Å². The zero-order valence-electron chi connectivity index (χ0n) is 12.4. The van der Waals surface area contributed by atoms with E-state index in [1.54, 1.807) is 25.1 Å². The molecule has 0 spiro atoms. The Hall–Kier alpha value is -1.31. The number of hydrogen-bond donors (Lipinski definition) is 3. The molecular formula is C13H22ClN3O3S. The molecule has 0 aromatic heterocycles. The van der Waals surface area contributed by atoms with Crippen LogP contribution in [0.1, 0.15) is 22.3 Å². The van der Waals surface area contributed by atoms with E-state index in [0.29, 0.717) is 17.8 Å². The van der Waals surface area contributed by atoms with Crippen LogP contribution in [-0.2, 0) is 10.0 Å². The summed E-state index contributed by atoms with van der Waals surface area (Å²) in [4.78, 5) is 11.9. The maximum atomic E-state index is 11.9. The van der Waals surface area contributed by atoms with Gasteiger partial charge in [-0.15, -0.1) is 12.4 Å². The number of benzene rings is 1. The lowest BCUT2D eigenvalue weighted by molar-refractivity contribution is 0.0953. The van der Waals surface area contributed by atoms with Crippen molar-refractivity contribution in [1.29, 1.82) is 0 Å². The van der Waals surface area contributed by atoms with Gasteiger partial charge in [0.1, 0.15) is 0 Å². The van der Waals surface area contributed by atoms with Gasteiger partial charge < -0.3 is 10.6 Å². The summed E-state index contributed by atoms with van der Waals surface area (Å²) in [5, 5.41) is 5.78. The summed E-state index contributed by atoms with van der Waals surface area (Å²) in [6.07, 6.45) is 1.92. The number of carbonyl (C=O) groups is 1. The number of sulfonamides is 1. The average molecular weight is 336 g/mol. The van der Waals surface area contributed by atoms with E-state index in [1.165, 1.54) is 0 Å². The summed E-state index contributed by atoms with van der Waals surface area (Å²) < 4.78 is 24.9. The molecule has 1 amide bonds. The van der Waals surface area contributed by atoms with Crippen LogP contribution in [0.2, 0.25) is 0 Å². The summed E-state index contributed by atoms with van der Waals surface area (Å²) >= 11 is 0. The minimum Gasteiger partial charge on any atom is -0.352 e. The molecule has 1 aromatic rings. The Kier molecular flexibility index (Phi) is 8.31. The van der Waals surface area contributed by atoms with Gasteiger partial charge in [-0.1, -0.05) is 6.07 Å². The summed E-state index contributed by atoms with van der Waals surface area (Å²) in [6.45, 7) is 3.18. The standard InChI is InChI=1S/C13H21N3O3S.ClH/c1-10-5-6-11(9-12(10)16-20(3,18)19)13(17)15-8-4-7-14-2;/h5-6,9,14,16H,4,7-8H2,1-3H3,(H,15,17);1H. The van der Waals surface area contributed by atoms with Crippen LogP contribution in [0.5, 0.6) is 0 Å². The number of amides is 1. The highest BCUT2D eigenvalue weighted by Crippen LogP contribution is 2.17. The van der Waals surface area contributed by atoms with Crippen molar-refractivity contribution in [3.05, 3.63) is 29.3 Å². The second kappa shape index (κ2) is 8.86. The van der Waals surface area contributed by atoms with E-state index in [9.17, 15) is 13.2 Å². The summed E-state index contributed by atoms with van der Waals surface area (Å²) in [7, 11) is -1.50. The van der Waals surface area contributed by atoms with Crippen LogP contribution in [0.4, 0.5) is 5.69 Å². The molecule has 0 aliphatic carbocycles. The van der Waals surface area contributed by atoms with Gasteiger partial charge in [-0.25, -0.2) is 8.42 Å². The Labute approximate surface area is 132 Å². The fourth-order valence-corrected chi connectivity index (χ4v) is 2.26. The normalized spacial score (nSPS) is 10.6. The summed E-state index contributed by atoms with van der Waals surface area (Å²) in [6, 6.07) is 4.94. The van der Waals surface area contributed by atoms with E-state index < -0.39 is 10.0 Å². The van der Waals surface area contributed by atoms with Crippen molar-refractivity contribution in [1.82, 2.24) is 10.6 Å². The largest absolute Gasteiger partial charge is 0.352 e. The first kappa shape index (κ1) is 19.7. The molecule has 3 N–H and O–H groups in total. The topological polar surface area (TPSA) is 87.3 Å². The number of halogens is 1. The molecule has 0 aliphatic heterocycles. The second-order valence-electron chi connectivity index (χ2n) is 4.62. The molecule has 0 bridgehead atoms. The van der Waals surface area contributed by atoms with Gasteiger partial charge in [0.15, 0.2) is 0 Å². The molecule has 0 atom stereocenters. The Bertz CT molecular complexity index is 576. The smallest absolute Gasteiger partial charge is 0.251 e. The van der Waals surface area contributed by atoms with Crippen molar-refractivity contribution in [3.63, 3.8) is 0 Å². The highest BCUT2D eigenvalue weighted by molar-refractivity contribution is 7.92. The molecular weight excluding hydrogens is 314 g/mol. The van der Waals surface area contributed by atoms with E-state index in [1.807, 2.05) is 7.05 Å². The van der Waals surface area contributed by atoms with Crippen molar-refractivity contribution >= 4 is 34.0 Å². The van der Waals surface area contributed by atoms with E-state index in [2.05, 4.69) is 15.4 Å². The van der Waals surface area contributed by atoms with Gasteiger partial charge in [-0.2, -0.15) is 0 Å². The molecule has 0 aliphatic rings. The first-order chi connectivity index (χ1) is 9.33. The van der Waals surface area contributed by atoms with Gasteiger partial charge in [0.2, 0.25) is 10.0 Å². The molecule has 0 radical (unpaired) electrons. The molecule has 120 valence electrons. The van der Waals surface area contributed by atoms with Crippen molar-refractivity contribution < 1.29 is 13.2 Å². The van der Waals surface area contributed by atoms with Crippen LogP contribution in [0.3, 0.4) is 0 Å². The Morgan fingerprint density at radius 2 is 1.90 bits per heavy atom.